The van der Waals surface area contributed by atoms with Crippen LogP contribution in [-0.2, 0) is 9.53 Å². The van der Waals surface area contributed by atoms with Gasteiger partial charge in [-0.3, -0.25) is 9.59 Å². The predicted octanol–water partition coefficient (Wildman–Crippen LogP) is 1.64. The first-order valence-electron chi connectivity index (χ1n) is 6.57. The molecule has 6 nitrogen and oxygen atoms in total. The molecule has 110 valence electrons. The van der Waals surface area contributed by atoms with Crippen molar-refractivity contribution in [1.82, 2.24) is 0 Å². The number of anilines is 1. The summed E-state index contributed by atoms with van der Waals surface area (Å²) in [6.07, 6.45) is -0.999. The normalized spacial score (nSPS) is 15.8. The van der Waals surface area contributed by atoms with Gasteiger partial charge < -0.3 is 15.8 Å². The first kappa shape index (κ1) is 13.8. The Morgan fingerprint density at radius 2 is 1.77 bits per heavy atom. The topological polar surface area (TPSA) is 98.5 Å². The lowest BCUT2D eigenvalue weighted by molar-refractivity contribution is -0.124. The fourth-order valence-electron chi connectivity index (χ4n) is 2.27. The van der Waals surface area contributed by atoms with Crippen LogP contribution in [-0.4, -0.2) is 17.8 Å². The Kier molecular flexibility index (Phi) is 3.34. The van der Waals surface area contributed by atoms with Gasteiger partial charge in [0, 0.05) is 16.8 Å². The van der Waals surface area contributed by atoms with Crippen molar-refractivity contribution in [2.45, 2.75) is 6.10 Å². The molecule has 1 heterocycles. The Morgan fingerprint density at radius 1 is 1.05 bits per heavy atom. The largest absolute Gasteiger partial charge is 0.444 e. The standard InChI is InChI=1S/C16H12N2O4/c17-14(19)9-4-3-5-10(8-9)16(21)22-13-11-6-1-2-7-12(11)18-15(13)20/h1-8,13H,(H2,17,19)(H,18,20). The molecule has 0 aromatic heterocycles. The molecule has 0 bridgehead atoms. The number of rotatable bonds is 3. The number of hydrogen-bond donors (Lipinski definition) is 2. The van der Waals surface area contributed by atoms with E-state index < -0.39 is 23.9 Å². The monoisotopic (exact) mass is 296 g/mol. The molecule has 3 rings (SSSR count). The Bertz CT molecular complexity index is 785. The summed E-state index contributed by atoms with van der Waals surface area (Å²) in [4.78, 5) is 35.2. The highest BCUT2D eigenvalue weighted by Crippen LogP contribution is 2.33. The maximum atomic E-state index is 12.2. The SMILES string of the molecule is NC(=O)c1cccc(C(=O)OC2C(=O)Nc3ccccc32)c1. The van der Waals surface area contributed by atoms with Crippen molar-refractivity contribution in [3.05, 3.63) is 65.2 Å². The van der Waals surface area contributed by atoms with E-state index in [1.165, 1.54) is 24.3 Å². The first-order chi connectivity index (χ1) is 10.6. The molecule has 0 saturated heterocycles. The predicted molar refractivity (Wildman–Crippen MR) is 78.2 cm³/mol. The van der Waals surface area contributed by atoms with Gasteiger partial charge in [0.2, 0.25) is 12.0 Å². The van der Waals surface area contributed by atoms with Crippen LogP contribution in [0.1, 0.15) is 32.4 Å². The van der Waals surface area contributed by atoms with Crippen LogP contribution < -0.4 is 11.1 Å². The Labute approximate surface area is 125 Å². The van der Waals surface area contributed by atoms with E-state index in [1.54, 1.807) is 24.3 Å². The number of para-hydroxylation sites is 1. The lowest BCUT2D eigenvalue weighted by atomic mass is 10.1. The van der Waals surface area contributed by atoms with Crippen LogP contribution in [0.5, 0.6) is 0 Å². The fraction of sp³-hybridized carbons (Fsp3) is 0.0625. The van der Waals surface area contributed by atoms with Crippen molar-refractivity contribution in [3.8, 4) is 0 Å². The number of amides is 2. The molecule has 22 heavy (non-hydrogen) atoms. The van der Waals surface area contributed by atoms with E-state index in [2.05, 4.69) is 5.32 Å². The zero-order chi connectivity index (χ0) is 15.7. The molecule has 6 heteroatoms. The number of primary amides is 1. The van der Waals surface area contributed by atoms with Gasteiger partial charge in [0.05, 0.1) is 5.56 Å². The molecular formula is C16H12N2O4. The molecule has 1 aliphatic heterocycles. The van der Waals surface area contributed by atoms with E-state index in [1.807, 2.05) is 0 Å². The quantitative estimate of drug-likeness (QED) is 0.841. The molecule has 0 saturated carbocycles. The summed E-state index contributed by atoms with van der Waals surface area (Å²) in [5.74, 6) is -1.74. The van der Waals surface area contributed by atoms with Gasteiger partial charge in [-0.15, -0.1) is 0 Å². The maximum Gasteiger partial charge on any atom is 0.339 e. The van der Waals surface area contributed by atoms with Crippen LogP contribution in [0.25, 0.3) is 0 Å². The van der Waals surface area contributed by atoms with Crippen LogP contribution >= 0.6 is 0 Å². The number of hydrogen-bond acceptors (Lipinski definition) is 4. The molecule has 0 fully saturated rings. The highest BCUT2D eigenvalue weighted by molar-refractivity contribution is 6.04. The Balaban J connectivity index is 1.84. The van der Waals surface area contributed by atoms with E-state index >= 15 is 0 Å². The highest BCUT2D eigenvalue weighted by atomic mass is 16.5. The van der Waals surface area contributed by atoms with Gasteiger partial charge >= 0.3 is 5.97 Å². The van der Waals surface area contributed by atoms with Crippen LogP contribution in [0.4, 0.5) is 5.69 Å². The number of ether oxygens (including phenoxy) is 1. The van der Waals surface area contributed by atoms with Crippen molar-refractivity contribution in [2.75, 3.05) is 5.32 Å². The third kappa shape index (κ3) is 2.42. The summed E-state index contributed by atoms with van der Waals surface area (Å²) >= 11 is 0. The summed E-state index contributed by atoms with van der Waals surface area (Å²) in [6.45, 7) is 0. The summed E-state index contributed by atoms with van der Waals surface area (Å²) in [5, 5.41) is 2.64. The summed E-state index contributed by atoms with van der Waals surface area (Å²) in [5.41, 5.74) is 6.76. The van der Waals surface area contributed by atoms with Gasteiger partial charge in [0.25, 0.3) is 5.91 Å². The number of nitrogens with two attached hydrogens (primary N) is 1. The summed E-state index contributed by atoms with van der Waals surface area (Å²) in [7, 11) is 0. The van der Waals surface area contributed by atoms with E-state index in [9.17, 15) is 14.4 Å². The third-order valence-electron chi connectivity index (χ3n) is 3.35. The number of carbonyl (C=O) groups is 3. The lowest BCUT2D eigenvalue weighted by Crippen LogP contribution is -2.19. The molecule has 3 N–H and O–H groups in total. The fourth-order valence-corrected chi connectivity index (χ4v) is 2.27. The first-order valence-corrected chi connectivity index (χ1v) is 6.57. The second kappa shape index (κ2) is 5.33. The van der Waals surface area contributed by atoms with Crippen LogP contribution in [0.3, 0.4) is 0 Å². The molecule has 2 aromatic carbocycles. The number of fused-ring (bicyclic) bond motifs is 1. The number of esters is 1. The smallest absolute Gasteiger partial charge is 0.339 e. The average molecular weight is 296 g/mol. The second-order valence-corrected chi connectivity index (χ2v) is 4.81. The Hall–Kier alpha value is -3.15. The van der Waals surface area contributed by atoms with Gasteiger partial charge in [-0.05, 0) is 24.3 Å². The van der Waals surface area contributed by atoms with E-state index in [0.29, 0.717) is 11.3 Å². The Morgan fingerprint density at radius 3 is 2.55 bits per heavy atom. The third-order valence-corrected chi connectivity index (χ3v) is 3.35. The molecule has 1 unspecified atom stereocenters. The van der Waals surface area contributed by atoms with E-state index in [4.69, 9.17) is 10.5 Å². The minimum Gasteiger partial charge on any atom is -0.444 e. The zero-order valence-electron chi connectivity index (χ0n) is 11.4. The van der Waals surface area contributed by atoms with Crippen LogP contribution in [0.15, 0.2) is 48.5 Å². The maximum absolute atomic E-state index is 12.2. The van der Waals surface area contributed by atoms with Crippen molar-refractivity contribution >= 4 is 23.5 Å². The molecule has 0 aliphatic carbocycles. The van der Waals surface area contributed by atoms with Gasteiger partial charge in [-0.2, -0.15) is 0 Å². The van der Waals surface area contributed by atoms with Crippen molar-refractivity contribution in [1.29, 1.82) is 0 Å². The summed E-state index contributed by atoms with van der Waals surface area (Å²) in [6, 6.07) is 12.8. The molecule has 0 radical (unpaired) electrons. The molecule has 2 amide bonds. The highest BCUT2D eigenvalue weighted by Gasteiger charge is 2.33. The van der Waals surface area contributed by atoms with E-state index in [0.717, 1.165) is 0 Å². The number of benzene rings is 2. The second-order valence-electron chi connectivity index (χ2n) is 4.81. The van der Waals surface area contributed by atoms with Gasteiger partial charge in [0.1, 0.15) is 0 Å². The van der Waals surface area contributed by atoms with Crippen molar-refractivity contribution in [3.63, 3.8) is 0 Å². The van der Waals surface area contributed by atoms with Gasteiger partial charge in [-0.1, -0.05) is 24.3 Å². The molecule has 1 aliphatic rings. The number of nitrogens with one attached hydrogen (secondary N) is 1. The molecular weight excluding hydrogens is 284 g/mol. The van der Waals surface area contributed by atoms with E-state index in [-0.39, 0.29) is 11.1 Å². The minimum absolute atomic E-state index is 0.161. The molecule has 1 atom stereocenters. The van der Waals surface area contributed by atoms with Crippen LogP contribution in [0, 0.1) is 0 Å². The van der Waals surface area contributed by atoms with Gasteiger partial charge in [0.15, 0.2) is 0 Å². The summed E-state index contributed by atoms with van der Waals surface area (Å²) < 4.78 is 5.27. The molecule has 2 aromatic rings. The minimum atomic E-state index is -0.999. The van der Waals surface area contributed by atoms with Crippen molar-refractivity contribution in [2.24, 2.45) is 5.73 Å². The zero-order valence-corrected chi connectivity index (χ0v) is 11.4. The average Bonchev–Trinajstić information content (AvgIpc) is 2.83. The van der Waals surface area contributed by atoms with Gasteiger partial charge in [-0.25, -0.2) is 4.79 Å². The molecule has 0 spiro atoms. The van der Waals surface area contributed by atoms with Crippen molar-refractivity contribution < 1.29 is 19.1 Å². The van der Waals surface area contributed by atoms with Crippen LogP contribution in [0.2, 0.25) is 0 Å². The number of carbonyl (C=O) groups excluding carboxylic acids is 3. The lowest BCUT2D eigenvalue weighted by Gasteiger charge is -2.11.